The summed E-state index contributed by atoms with van der Waals surface area (Å²) >= 11 is 0. The molecule has 2 aromatic rings. The number of amides is 2. The van der Waals surface area contributed by atoms with Gasteiger partial charge in [0.1, 0.15) is 12.4 Å². The molecule has 0 radical (unpaired) electrons. The van der Waals surface area contributed by atoms with Gasteiger partial charge in [0, 0.05) is 37.4 Å². The lowest BCUT2D eigenvalue weighted by atomic mass is 9.85. The molecule has 3 rings (SSSR count). The molecule has 10 heteroatoms. The average Bonchev–Trinajstić information content (AvgIpc) is 2.81. The Bertz CT molecular complexity index is 991. The molecule has 0 spiro atoms. The van der Waals surface area contributed by atoms with Gasteiger partial charge < -0.3 is 24.8 Å². The van der Waals surface area contributed by atoms with Crippen LogP contribution < -0.4 is 10.1 Å². The Balaban J connectivity index is 1.53. The van der Waals surface area contributed by atoms with Crippen LogP contribution in [0.25, 0.3) is 0 Å². The summed E-state index contributed by atoms with van der Waals surface area (Å²) in [7, 11) is 0. The molecule has 2 amide bonds. The Kier molecular flexibility index (Phi) is 9.42. The Morgan fingerprint density at radius 2 is 1.86 bits per heavy atom. The van der Waals surface area contributed by atoms with Crippen molar-refractivity contribution in [3.63, 3.8) is 0 Å². The molecular weight excluding hydrogens is 454 g/mol. The number of hydrogen-bond acceptors (Lipinski definition) is 6. The van der Waals surface area contributed by atoms with Crippen molar-refractivity contribution in [1.29, 1.82) is 0 Å². The van der Waals surface area contributed by atoms with E-state index < -0.39 is 17.0 Å². The molecule has 2 N–H and O–H groups in total. The molecule has 0 saturated heterocycles. The zero-order valence-corrected chi connectivity index (χ0v) is 19.7. The van der Waals surface area contributed by atoms with Gasteiger partial charge in [-0.15, -0.1) is 0 Å². The molecule has 1 aliphatic rings. The number of ether oxygens (including phenoxy) is 2. The van der Waals surface area contributed by atoms with Crippen molar-refractivity contribution < 1.29 is 29.1 Å². The third kappa shape index (κ3) is 7.96. The van der Waals surface area contributed by atoms with Crippen LogP contribution in [0.4, 0.5) is 16.2 Å². The Labute approximate surface area is 204 Å². The van der Waals surface area contributed by atoms with E-state index in [1.165, 1.54) is 24.3 Å². The number of rotatable bonds is 13. The molecule has 1 unspecified atom stereocenters. The van der Waals surface area contributed by atoms with Gasteiger partial charge in [-0.2, -0.15) is 0 Å². The minimum Gasteiger partial charge on any atom is -0.492 e. The highest BCUT2D eigenvalue weighted by Crippen LogP contribution is 2.27. The number of benzene rings is 2. The summed E-state index contributed by atoms with van der Waals surface area (Å²) in [5.41, 5.74) is 1.28. The fourth-order valence-electron chi connectivity index (χ4n) is 3.76. The Morgan fingerprint density at radius 3 is 2.40 bits per heavy atom. The van der Waals surface area contributed by atoms with Gasteiger partial charge in [0.2, 0.25) is 0 Å². The average molecular weight is 486 g/mol. The van der Waals surface area contributed by atoms with Gasteiger partial charge in [-0.05, 0) is 55.5 Å². The smallest absolute Gasteiger partial charge is 0.333 e. The minimum absolute atomic E-state index is 0.0369. The standard InChI is InChI=1S/C25H31N3O7/c1-2-34-23(24(29)30)16-18-6-12-22(13-7-18)35-15-14-27(17-19-4-3-5-19)25(31)26-20-8-10-21(11-9-20)28(32)33/h6-13,19,23H,2-5,14-17H2,1H3,(H,26,31)(H,29,30). The molecular formula is C25H31N3O7. The second-order valence-electron chi connectivity index (χ2n) is 8.46. The Hall–Kier alpha value is -3.66. The number of carbonyl (C=O) groups excluding carboxylic acids is 1. The van der Waals surface area contributed by atoms with Crippen molar-refractivity contribution in [1.82, 2.24) is 4.90 Å². The number of aliphatic carboxylic acids is 1. The number of carboxylic acids is 1. The summed E-state index contributed by atoms with van der Waals surface area (Å²) in [6.07, 6.45) is 2.71. The lowest BCUT2D eigenvalue weighted by Gasteiger charge is -2.32. The van der Waals surface area contributed by atoms with Crippen molar-refractivity contribution in [2.75, 3.05) is 31.6 Å². The summed E-state index contributed by atoms with van der Waals surface area (Å²) in [5.74, 6) is 0.0894. The van der Waals surface area contributed by atoms with Gasteiger partial charge in [0.05, 0.1) is 11.5 Å². The van der Waals surface area contributed by atoms with E-state index in [4.69, 9.17) is 9.47 Å². The van der Waals surface area contributed by atoms with E-state index in [1.807, 2.05) is 0 Å². The predicted molar refractivity (Wildman–Crippen MR) is 130 cm³/mol. The van der Waals surface area contributed by atoms with Gasteiger partial charge in [-0.1, -0.05) is 18.6 Å². The molecule has 188 valence electrons. The fraction of sp³-hybridized carbons (Fsp3) is 0.440. The van der Waals surface area contributed by atoms with Crippen LogP contribution in [0.15, 0.2) is 48.5 Å². The van der Waals surface area contributed by atoms with Crippen LogP contribution in [-0.4, -0.2) is 59.3 Å². The number of carboxylic acid groups (broad SMARTS) is 1. The molecule has 1 saturated carbocycles. The summed E-state index contributed by atoms with van der Waals surface area (Å²) in [5, 5.41) is 22.9. The van der Waals surface area contributed by atoms with E-state index >= 15 is 0 Å². The van der Waals surface area contributed by atoms with Crippen LogP contribution in [-0.2, 0) is 16.0 Å². The fourth-order valence-corrected chi connectivity index (χ4v) is 3.76. The van der Waals surface area contributed by atoms with E-state index in [-0.39, 0.29) is 24.7 Å². The first kappa shape index (κ1) is 26.0. The zero-order valence-electron chi connectivity index (χ0n) is 19.7. The lowest BCUT2D eigenvalue weighted by Crippen LogP contribution is -2.42. The van der Waals surface area contributed by atoms with E-state index in [0.717, 1.165) is 24.8 Å². The first-order chi connectivity index (χ1) is 16.9. The molecule has 0 aliphatic heterocycles. The topological polar surface area (TPSA) is 131 Å². The minimum atomic E-state index is -0.995. The van der Waals surface area contributed by atoms with Gasteiger partial charge in [0.25, 0.3) is 5.69 Å². The third-order valence-corrected chi connectivity index (χ3v) is 5.94. The number of nitrogens with zero attached hydrogens (tertiary/aromatic N) is 2. The van der Waals surface area contributed by atoms with Gasteiger partial charge in [-0.25, -0.2) is 9.59 Å². The van der Waals surface area contributed by atoms with Crippen molar-refractivity contribution in [2.24, 2.45) is 5.92 Å². The number of carbonyl (C=O) groups is 2. The van der Waals surface area contributed by atoms with Crippen LogP contribution in [0.5, 0.6) is 5.75 Å². The number of anilines is 1. The summed E-state index contributed by atoms with van der Waals surface area (Å²) < 4.78 is 11.1. The van der Waals surface area contributed by atoms with Crippen LogP contribution >= 0.6 is 0 Å². The molecule has 2 aromatic carbocycles. The number of urea groups is 1. The molecule has 1 aliphatic carbocycles. The Morgan fingerprint density at radius 1 is 1.17 bits per heavy atom. The van der Waals surface area contributed by atoms with E-state index in [0.29, 0.717) is 37.1 Å². The molecule has 0 bridgehead atoms. The molecule has 1 atom stereocenters. The van der Waals surface area contributed by atoms with Gasteiger partial charge in [-0.3, -0.25) is 10.1 Å². The molecule has 0 heterocycles. The number of hydrogen-bond donors (Lipinski definition) is 2. The first-order valence-corrected chi connectivity index (χ1v) is 11.7. The first-order valence-electron chi connectivity index (χ1n) is 11.7. The van der Waals surface area contributed by atoms with Crippen molar-refractivity contribution in [3.05, 3.63) is 64.2 Å². The predicted octanol–water partition coefficient (Wildman–Crippen LogP) is 4.34. The number of nitro benzene ring substituents is 1. The van der Waals surface area contributed by atoms with Crippen LogP contribution in [0, 0.1) is 16.0 Å². The summed E-state index contributed by atoms with van der Waals surface area (Å²) in [6, 6.07) is 12.6. The molecule has 35 heavy (non-hydrogen) atoms. The summed E-state index contributed by atoms with van der Waals surface area (Å²) in [6.45, 7) is 3.37. The maximum Gasteiger partial charge on any atom is 0.333 e. The van der Waals surface area contributed by atoms with Crippen LogP contribution in [0.1, 0.15) is 31.7 Å². The maximum absolute atomic E-state index is 12.9. The van der Waals surface area contributed by atoms with Gasteiger partial charge in [0.15, 0.2) is 6.10 Å². The normalized spacial score (nSPS) is 14.0. The van der Waals surface area contributed by atoms with Crippen molar-refractivity contribution in [2.45, 2.75) is 38.7 Å². The lowest BCUT2D eigenvalue weighted by molar-refractivity contribution is -0.384. The number of nitrogens with one attached hydrogen (secondary N) is 1. The molecule has 1 fully saturated rings. The molecule has 10 nitrogen and oxygen atoms in total. The highest BCUT2D eigenvalue weighted by atomic mass is 16.6. The van der Waals surface area contributed by atoms with Crippen molar-refractivity contribution >= 4 is 23.4 Å². The third-order valence-electron chi connectivity index (χ3n) is 5.94. The highest BCUT2D eigenvalue weighted by molar-refractivity contribution is 5.89. The van der Waals surface area contributed by atoms with Crippen LogP contribution in [0.3, 0.4) is 0 Å². The number of non-ortho nitro benzene ring substituents is 1. The molecule has 0 aromatic heterocycles. The second kappa shape index (κ2) is 12.7. The number of nitro groups is 1. The van der Waals surface area contributed by atoms with E-state index in [9.17, 15) is 24.8 Å². The zero-order chi connectivity index (χ0) is 25.2. The SMILES string of the molecule is CCOC(Cc1ccc(OCCN(CC2CCC2)C(=O)Nc2ccc([N+](=O)[O-])cc2)cc1)C(=O)O. The van der Waals surface area contributed by atoms with Gasteiger partial charge >= 0.3 is 12.0 Å². The van der Waals surface area contributed by atoms with E-state index in [2.05, 4.69) is 5.32 Å². The maximum atomic E-state index is 12.9. The summed E-state index contributed by atoms with van der Waals surface area (Å²) in [4.78, 5) is 36.2. The highest BCUT2D eigenvalue weighted by Gasteiger charge is 2.24. The van der Waals surface area contributed by atoms with E-state index in [1.54, 1.807) is 36.1 Å². The van der Waals surface area contributed by atoms with Crippen LogP contribution in [0.2, 0.25) is 0 Å². The quantitative estimate of drug-likeness (QED) is 0.319. The van der Waals surface area contributed by atoms with Crippen molar-refractivity contribution in [3.8, 4) is 5.75 Å². The largest absolute Gasteiger partial charge is 0.492 e. The monoisotopic (exact) mass is 485 g/mol. The second-order valence-corrected chi connectivity index (χ2v) is 8.46.